The first-order chi connectivity index (χ1) is 8.69. The molecule has 0 saturated carbocycles. The highest BCUT2D eigenvalue weighted by Gasteiger charge is 2.18. The zero-order chi connectivity index (χ0) is 13.0. The smallest absolute Gasteiger partial charge is 0.180 e. The van der Waals surface area contributed by atoms with Crippen LogP contribution in [0, 0.1) is 0 Å². The molecule has 1 fully saturated rings. The normalized spacial score (nSPS) is 17.7. The van der Waals surface area contributed by atoms with E-state index in [0.29, 0.717) is 12.1 Å². The third-order valence-electron chi connectivity index (χ3n) is 3.31. The molecule has 18 heavy (non-hydrogen) atoms. The number of carbonyl (C=O) groups is 1. The van der Waals surface area contributed by atoms with Crippen molar-refractivity contribution >= 4 is 5.78 Å². The summed E-state index contributed by atoms with van der Waals surface area (Å²) in [5.41, 5.74) is 0.522. The lowest BCUT2D eigenvalue weighted by molar-refractivity contribution is 0.0982. The molecule has 4 heteroatoms. The number of rotatable bonds is 4. The molecule has 0 atom stereocenters. The van der Waals surface area contributed by atoms with Crippen molar-refractivity contribution in [3.05, 3.63) is 24.0 Å². The van der Waals surface area contributed by atoms with E-state index in [1.54, 1.807) is 12.3 Å². The van der Waals surface area contributed by atoms with Crippen LogP contribution in [0.4, 0.5) is 0 Å². The molecular formula is C14H20N2O2. The monoisotopic (exact) mass is 248 g/mol. The van der Waals surface area contributed by atoms with E-state index in [2.05, 4.69) is 16.9 Å². The van der Waals surface area contributed by atoms with Gasteiger partial charge in [-0.1, -0.05) is 6.92 Å². The van der Waals surface area contributed by atoms with Crippen LogP contribution in [0.1, 0.15) is 36.7 Å². The lowest BCUT2D eigenvalue weighted by Gasteiger charge is -2.29. The third kappa shape index (κ3) is 3.29. The van der Waals surface area contributed by atoms with Gasteiger partial charge in [0.2, 0.25) is 0 Å². The van der Waals surface area contributed by atoms with E-state index in [4.69, 9.17) is 4.74 Å². The number of ketones is 1. The van der Waals surface area contributed by atoms with Gasteiger partial charge >= 0.3 is 0 Å². The number of ether oxygens (including phenoxy) is 1. The molecule has 0 aliphatic carbocycles. The highest BCUT2D eigenvalue weighted by molar-refractivity contribution is 5.93. The Morgan fingerprint density at radius 2 is 2.17 bits per heavy atom. The van der Waals surface area contributed by atoms with Crippen molar-refractivity contribution in [2.45, 2.75) is 32.3 Å². The van der Waals surface area contributed by atoms with Crippen molar-refractivity contribution in [3.8, 4) is 5.75 Å². The lowest BCUT2D eigenvalue weighted by Crippen LogP contribution is -2.35. The van der Waals surface area contributed by atoms with Crippen molar-refractivity contribution in [2.75, 3.05) is 20.1 Å². The number of Topliss-reactive ketones (excluding diaryl/α,β-unsaturated/α-hetero) is 1. The highest BCUT2D eigenvalue weighted by Crippen LogP contribution is 2.18. The van der Waals surface area contributed by atoms with Gasteiger partial charge in [-0.25, -0.2) is 4.98 Å². The summed E-state index contributed by atoms with van der Waals surface area (Å²) in [5, 5.41) is 0. The van der Waals surface area contributed by atoms with Gasteiger partial charge in [-0.3, -0.25) is 4.79 Å². The van der Waals surface area contributed by atoms with E-state index in [9.17, 15) is 4.79 Å². The van der Waals surface area contributed by atoms with Crippen molar-refractivity contribution in [1.82, 2.24) is 9.88 Å². The molecule has 0 bridgehead atoms. The van der Waals surface area contributed by atoms with Crippen LogP contribution < -0.4 is 4.74 Å². The van der Waals surface area contributed by atoms with Gasteiger partial charge in [0.25, 0.3) is 0 Å². The predicted molar refractivity (Wildman–Crippen MR) is 70.0 cm³/mol. The van der Waals surface area contributed by atoms with Crippen molar-refractivity contribution in [2.24, 2.45) is 0 Å². The maximum atomic E-state index is 11.4. The Balaban J connectivity index is 1.92. The molecule has 0 aromatic carbocycles. The number of pyridine rings is 1. The molecule has 98 valence electrons. The summed E-state index contributed by atoms with van der Waals surface area (Å²) < 4.78 is 5.87. The van der Waals surface area contributed by atoms with Gasteiger partial charge in [-0.2, -0.15) is 0 Å². The summed E-state index contributed by atoms with van der Waals surface area (Å²) in [4.78, 5) is 17.9. The third-order valence-corrected chi connectivity index (χ3v) is 3.31. The largest absolute Gasteiger partial charge is 0.489 e. The van der Waals surface area contributed by atoms with E-state index < -0.39 is 0 Å². The lowest BCUT2D eigenvalue weighted by atomic mass is 10.1. The molecule has 0 amide bonds. The molecule has 1 aromatic heterocycles. The first-order valence-electron chi connectivity index (χ1n) is 6.53. The van der Waals surface area contributed by atoms with E-state index in [-0.39, 0.29) is 11.9 Å². The van der Waals surface area contributed by atoms with E-state index in [0.717, 1.165) is 31.7 Å². The summed E-state index contributed by atoms with van der Waals surface area (Å²) in [6.07, 6.45) is 4.51. The van der Waals surface area contributed by atoms with Crippen molar-refractivity contribution < 1.29 is 9.53 Å². The highest BCUT2D eigenvalue weighted by atomic mass is 16.5. The summed E-state index contributed by atoms with van der Waals surface area (Å²) in [5.74, 6) is 0.832. The van der Waals surface area contributed by atoms with Crippen LogP contribution in [0.15, 0.2) is 18.3 Å². The molecule has 2 heterocycles. The fraction of sp³-hybridized carbons (Fsp3) is 0.571. The molecule has 1 aromatic rings. The van der Waals surface area contributed by atoms with Gasteiger partial charge in [-0.05, 0) is 32.0 Å². The second-order valence-electron chi connectivity index (χ2n) is 4.78. The molecule has 1 saturated heterocycles. The predicted octanol–water partition coefficient (Wildman–Crippen LogP) is 2.15. The van der Waals surface area contributed by atoms with Crippen LogP contribution in [-0.4, -0.2) is 41.9 Å². The summed E-state index contributed by atoms with van der Waals surface area (Å²) >= 11 is 0. The molecule has 0 radical (unpaired) electrons. The van der Waals surface area contributed by atoms with E-state index in [1.807, 2.05) is 13.0 Å². The Morgan fingerprint density at radius 3 is 2.72 bits per heavy atom. The van der Waals surface area contributed by atoms with Gasteiger partial charge in [0, 0.05) is 19.5 Å². The maximum Gasteiger partial charge on any atom is 0.180 e. The van der Waals surface area contributed by atoms with Crippen molar-refractivity contribution in [1.29, 1.82) is 0 Å². The van der Waals surface area contributed by atoms with E-state index >= 15 is 0 Å². The van der Waals surface area contributed by atoms with Crippen LogP contribution in [0.25, 0.3) is 0 Å². The average molecular weight is 248 g/mol. The molecule has 1 aliphatic rings. The molecule has 4 nitrogen and oxygen atoms in total. The fourth-order valence-corrected chi connectivity index (χ4v) is 2.09. The number of likely N-dealkylation sites (tertiary alicyclic amines) is 1. The van der Waals surface area contributed by atoms with Gasteiger partial charge in [0.05, 0.1) is 6.20 Å². The molecule has 0 N–H and O–H groups in total. The standard InChI is InChI=1S/C14H20N2O2/c1-3-14(17)13-5-4-12(10-15-13)18-11-6-8-16(2)9-7-11/h4-5,10-11H,3,6-9H2,1-2H3. The second kappa shape index (κ2) is 5.96. The molecular weight excluding hydrogens is 228 g/mol. The second-order valence-corrected chi connectivity index (χ2v) is 4.78. The quantitative estimate of drug-likeness (QED) is 0.766. The Hall–Kier alpha value is -1.42. The first kappa shape index (κ1) is 13.0. The van der Waals surface area contributed by atoms with Crippen LogP contribution in [0.5, 0.6) is 5.75 Å². The molecule has 1 aliphatic heterocycles. The zero-order valence-electron chi connectivity index (χ0n) is 11.1. The van der Waals surface area contributed by atoms with Crippen LogP contribution in [0.3, 0.4) is 0 Å². The van der Waals surface area contributed by atoms with Gasteiger partial charge in [-0.15, -0.1) is 0 Å². The zero-order valence-corrected chi connectivity index (χ0v) is 11.1. The SMILES string of the molecule is CCC(=O)c1ccc(OC2CCN(C)CC2)cn1. The Morgan fingerprint density at radius 1 is 1.44 bits per heavy atom. The van der Waals surface area contributed by atoms with Gasteiger partial charge in [0.15, 0.2) is 5.78 Å². The number of carbonyl (C=O) groups excluding carboxylic acids is 1. The summed E-state index contributed by atoms with van der Waals surface area (Å²) in [6.45, 7) is 3.99. The minimum absolute atomic E-state index is 0.0702. The molecule has 2 rings (SSSR count). The number of piperidine rings is 1. The van der Waals surface area contributed by atoms with Gasteiger partial charge in [0.1, 0.15) is 17.5 Å². The summed E-state index contributed by atoms with van der Waals surface area (Å²) in [7, 11) is 2.13. The number of hydrogen-bond acceptors (Lipinski definition) is 4. The summed E-state index contributed by atoms with van der Waals surface area (Å²) in [6, 6.07) is 3.59. The number of hydrogen-bond donors (Lipinski definition) is 0. The molecule has 0 unspecified atom stereocenters. The fourth-order valence-electron chi connectivity index (χ4n) is 2.09. The van der Waals surface area contributed by atoms with Crippen LogP contribution in [-0.2, 0) is 0 Å². The molecule has 0 spiro atoms. The van der Waals surface area contributed by atoms with Crippen LogP contribution in [0.2, 0.25) is 0 Å². The number of aromatic nitrogens is 1. The van der Waals surface area contributed by atoms with Crippen molar-refractivity contribution in [3.63, 3.8) is 0 Å². The van der Waals surface area contributed by atoms with E-state index in [1.165, 1.54) is 0 Å². The Bertz CT molecular complexity index is 395. The average Bonchev–Trinajstić information content (AvgIpc) is 2.41. The van der Waals surface area contributed by atoms with Crippen LogP contribution >= 0.6 is 0 Å². The minimum atomic E-state index is 0.0702. The number of nitrogens with zero attached hydrogens (tertiary/aromatic N) is 2. The van der Waals surface area contributed by atoms with Gasteiger partial charge < -0.3 is 9.64 Å². The first-order valence-corrected chi connectivity index (χ1v) is 6.53. The minimum Gasteiger partial charge on any atom is -0.489 e. The Kier molecular flexibility index (Phi) is 4.31. The maximum absolute atomic E-state index is 11.4. The topological polar surface area (TPSA) is 42.4 Å². The Labute approximate surface area is 108 Å².